The molecule has 2 aromatic rings. The van der Waals surface area contributed by atoms with Gasteiger partial charge < -0.3 is 5.32 Å². The van der Waals surface area contributed by atoms with Gasteiger partial charge in [-0.05, 0) is 36.8 Å². The summed E-state index contributed by atoms with van der Waals surface area (Å²) < 4.78 is 27.6. The number of hydrogen-bond acceptors (Lipinski definition) is 2. The van der Waals surface area contributed by atoms with Crippen LogP contribution in [-0.4, -0.2) is 16.8 Å². The Morgan fingerprint density at radius 1 is 1.12 bits per heavy atom. The molecule has 1 heterocycles. The quantitative estimate of drug-likeness (QED) is 0.806. The predicted octanol–water partition coefficient (Wildman–Crippen LogP) is 3.69. The maximum Gasteiger partial charge on any atom is 0.325 e. The fraction of sp³-hybridized carbons (Fsp3) is 0.176. The highest BCUT2D eigenvalue weighted by atomic mass is 79.9. The minimum absolute atomic E-state index is 0.180. The minimum atomic E-state index is -1.31. The third-order valence-electron chi connectivity index (χ3n) is 4.04. The molecule has 3 rings (SSSR count). The first-order valence-corrected chi connectivity index (χ1v) is 7.94. The van der Waals surface area contributed by atoms with Crippen molar-refractivity contribution in [1.29, 1.82) is 0 Å². The minimum Gasteiger partial charge on any atom is -0.319 e. The Bertz CT molecular complexity index is 826. The standard InChI is InChI=1S/C17H13BrF2N2O2/c1-17(11-3-6-13(19)7-4-11)15(23)22(16(24)21-17)9-10-2-5-12(18)8-14(10)20/h2-8H,9H2,1H3,(H,21,24). The van der Waals surface area contributed by atoms with E-state index in [0.717, 1.165) is 4.90 Å². The maximum atomic E-state index is 14.0. The average Bonchev–Trinajstić information content (AvgIpc) is 2.74. The summed E-state index contributed by atoms with van der Waals surface area (Å²) in [6, 6.07) is 9.12. The van der Waals surface area contributed by atoms with Crippen molar-refractivity contribution in [3.63, 3.8) is 0 Å². The number of rotatable bonds is 3. The third kappa shape index (κ3) is 2.80. The molecule has 0 aliphatic carbocycles. The molecule has 1 saturated heterocycles. The largest absolute Gasteiger partial charge is 0.325 e. The number of hydrogen-bond donors (Lipinski definition) is 1. The van der Waals surface area contributed by atoms with Crippen LogP contribution in [0.25, 0.3) is 0 Å². The lowest BCUT2D eigenvalue weighted by Crippen LogP contribution is -2.40. The van der Waals surface area contributed by atoms with Crippen LogP contribution in [0.15, 0.2) is 46.9 Å². The van der Waals surface area contributed by atoms with Crippen molar-refractivity contribution in [1.82, 2.24) is 10.2 Å². The lowest BCUT2D eigenvalue weighted by atomic mass is 9.92. The molecule has 7 heteroatoms. The van der Waals surface area contributed by atoms with Crippen molar-refractivity contribution in [3.05, 3.63) is 69.7 Å². The Morgan fingerprint density at radius 3 is 2.42 bits per heavy atom. The van der Waals surface area contributed by atoms with E-state index in [9.17, 15) is 18.4 Å². The molecule has 3 amide bonds. The average molecular weight is 395 g/mol. The summed E-state index contributed by atoms with van der Waals surface area (Å²) in [5.74, 6) is -1.46. The number of nitrogens with one attached hydrogen (secondary N) is 1. The molecule has 2 aromatic carbocycles. The summed E-state index contributed by atoms with van der Waals surface area (Å²) in [5, 5.41) is 2.60. The van der Waals surface area contributed by atoms with Crippen molar-refractivity contribution in [3.8, 4) is 0 Å². The first-order chi connectivity index (χ1) is 11.3. The molecular weight excluding hydrogens is 382 g/mol. The van der Waals surface area contributed by atoms with E-state index in [4.69, 9.17) is 0 Å². The van der Waals surface area contributed by atoms with Gasteiger partial charge in [-0.3, -0.25) is 9.69 Å². The first kappa shape index (κ1) is 16.6. The Balaban J connectivity index is 1.90. The Kier molecular flexibility index (Phi) is 4.13. The summed E-state index contributed by atoms with van der Waals surface area (Å²) >= 11 is 3.16. The molecule has 1 atom stereocenters. The third-order valence-corrected chi connectivity index (χ3v) is 4.53. The zero-order valence-corrected chi connectivity index (χ0v) is 14.2. The monoisotopic (exact) mass is 394 g/mol. The van der Waals surface area contributed by atoms with Gasteiger partial charge in [0.2, 0.25) is 0 Å². The number of halogens is 3. The molecule has 1 fully saturated rings. The zero-order valence-electron chi connectivity index (χ0n) is 12.6. The second kappa shape index (κ2) is 5.98. The number of benzene rings is 2. The molecule has 1 N–H and O–H groups in total. The van der Waals surface area contributed by atoms with Crippen LogP contribution in [0.2, 0.25) is 0 Å². The smallest absolute Gasteiger partial charge is 0.319 e. The van der Waals surface area contributed by atoms with Gasteiger partial charge in [0.25, 0.3) is 5.91 Å². The van der Waals surface area contributed by atoms with Gasteiger partial charge in [-0.1, -0.05) is 34.1 Å². The molecule has 4 nitrogen and oxygen atoms in total. The highest BCUT2D eigenvalue weighted by molar-refractivity contribution is 9.10. The highest BCUT2D eigenvalue weighted by Gasteiger charge is 2.49. The van der Waals surface area contributed by atoms with E-state index < -0.39 is 29.1 Å². The van der Waals surface area contributed by atoms with Crippen molar-refractivity contribution < 1.29 is 18.4 Å². The molecule has 0 saturated carbocycles. The summed E-state index contributed by atoms with van der Waals surface area (Å²) in [6.45, 7) is 1.36. The van der Waals surface area contributed by atoms with E-state index in [1.54, 1.807) is 13.0 Å². The van der Waals surface area contributed by atoms with E-state index in [0.29, 0.717) is 10.0 Å². The van der Waals surface area contributed by atoms with Gasteiger partial charge in [0, 0.05) is 10.0 Å². The van der Waals surface area contributed by atoms with Crippen LogP contribution in [0.3, 0.4) is 0 Å². The topological polar surface area (TPSA) is 49.4 Å². The van der Waals surface area contributed by atoms with Crippen LogP contribution in [0, 0.1) is 11.6 Å². The Hall–Kier alpha value is -2.28. The molecule has 0 aromatic heterocycles. The van der Waals surface area contributed by atoms with Crippen molar-refractivity contribution in [2.75, 3.05) is 0 Å². The van der Waals surface area contributed by atoms with Crippen molar-refractivity contribution in [2.24, 2.45) is 0 Å². The van der Waals surface area contributed by atoms with Crippen LogP contribution in [-0.2, 0) is 16.9 Å². The van der Waals surface area contributed by atoms with Crippen LogP contribution < -0.4 is 5.32 Å². The van der Waals surface area contributed by atoms with Crippen LogP contribution >= 0.6 is 15.9 Å². The second-order valence-electron chi connectivity index (χ2n) is 5.69. The first-order valence-electron chi connectivity index (χ1n) is 7.15. The van der Waals surface area contributed by atoms with Crippen LogP contribution in [0.4, 0.5) is 13.6 Å². The van der Waals surface area contributed by atoms with Crippen LogP contribution in [0.1, 0.15) is 18.1 Å². The van der Waals surface area contributed by atoms with Gasteiger partial charge in [0.15, 0.2) is 0 Å². The summed E-state index contributed by atoms with van der Waals surface area (Å²) in [7, 11) is 0. The number of urea groups is 1. The number of carbonyl (C=O) groups excluding carboxylic acids is 2. The van der Waals surface area contributed by atoms with Gasteiger partial charge in [0.05, 0.1) is 6.54 Å². The van der Waals surface area contributed by atoms with Gasteiger partial charge in [-0.2, -0.15) is 0 Å². The highest BCUT2D eigenvalue weighted by Crippen LogP contribution is 2.30. The summed E-state index contributed by atoms with van der Waals surface area (Å²) in [4.78, 5) is 25.9. The van der Waals surface area contributed by atoms with E-state index in [-0.39, 0.29) is 12.1 Å². The van der Waals surface area contributed by atoms with Gasteiger partial charge >= 0.3 is 6.03 Å². The number of imide groups is 1. The van der Waals surface area contributed by atoms with Crippen molar-refractivity contribution in [2.45, 2.75) is 19.0 Å². The fourth-order valence-electron chi connectivity index (χ4n) is 2.64. The molecule has 0 radical (unpaired) electrons. The Morgan fingerprint density at radius 2 is 1.79 bits per heavy atom. The van der Waals surface area contributed by atoms with E-state index in [2.05, 4.69) is 21.2 Å². The van der Waals surface area contributed by atoms with E-state index in [1.165, 1.54) is 36.4 Å². The van der Waals surface area contributed by atoms with Crippen LogP contribution in [0.5, 0.6) is 0 Å². The van der Waals surface area contributed by atoms with Crippen molar-refractivity contribution >= 4 is 27.9 Å². The number of carbonyl (C=O) groups is 2. The van der Waals surface area contributed by atoms with Gasteiger partial charge in [0.1, 0.15) is 17.2 Å². The van der Waals surface area contributed by atoms with Gasteiger partial charge in [-0.25, -0.2) is 13.6 Å². The molecular formula is C17H13BrF2N2O2. The second-order valence-corrected chi connectivity index (χ2v) is 6.60. The lowest BCUT2D eigenvalue weighted by molar-refractivity contribution is -0.131. The molecule has 1 aliphatic rings. The van der Waals surface area contributed by atoms with E-state index in [1.807, 2.05) is 0 Å². The van der Waals surface area contributed by atoms with Gasteiger partial charge in [-0.15, -0.1) is 0 Å². The molecule has 124 valence electrons. The number of amides is 3. The SMILES string of the molecule is CC1(c2ccc(F)cc2)NC(=O)N(Cc2ccc(Br)cc2F)C1=O. The normalized spacial score (nSPS) is 20.4. The summed E-state index contributed by atoms with van der Waals surface area (Å²) in [5.41, 5.74) is -0.623. The molecule has 1 unspecified atom stereocenters. The van der Waals surface area contributed by atoms with E-state index >= 15 is 0 Å². The lowest BCUT2D eigenvalue weighted by Gasteiger charge is -2.22. The fourth-order valence-corrected chi connectivity index (χ4v) is 2.97. The Labute approximate surface area is 145 Å². The molecule has 24 heavy (non-hydrogen) atoms. The predicted molar refractivity (Wildman–Crippen MR) is 86.9 cm³/mol. The molecule has 1 aliphatic heterocycles. The molecule has 0 spiro atoms. The molecule has 0 bridgehead atoms. The maximum absolute atomic E-state index is 14.0. The zero-order chi connectivity index (χ0) is 17.5. The summed E-state index contributed by atoms with van der Waals surface area (Å²) in [6.07, 6.45) is 0. The number of nitrogens with zero attached hydrogens (tertiary/aromatic N) is 1.